The predicted molar refractivity (Wildman–Crippen MR) is 86.7 cm³/mol. The smallest absolute Gasteiger partial charge is 0.224 e. The molecule has 1 N–H and O–H groups in total. The van der Waals surface area contributed by atoms with Gasteiger partial charge in [0.05, 0.1) is 0 Å². The van der Waals surface area contributed by atoms with E-state index in [9.17, 15) is 0 Å². The van der Waals surface area contributed by atoms with Crippen LogP contribution in [0.5, 0.6) is 11.6 Å². The minimum atomic E-state index is 0.231. The van der Waals surface area contributed by atoms with Crippen LogP contribution in [0.4, 0.5) is 5.82 Å². The summed E-state index contributed by atoms with van der Waals surface area (Å²) in [5.41, 5.74) is 1.97. The summed E-state index contributed by atoms with van der Waals surface area (Å²) in [7, 11) is 1.83. The number of hydrogen-bond acceptors (Lipinski definition) is 4. The Balaban J connectivity index is 2.37. The van der Waals surface area contributed by atoms with Crippen LogP contribution in [0.3, 0.4) is 0 Å². The van der Waals surface area contributed by atoms with Crippen molar-refractivity contribution in [3.63, 3.8) is 0 Å². The van der Waals surface area contributed by atoms with Gasteiger partial charge in [0.2, 0.25) is 5.88 Å². The maximum absolute atomic E-state index is 6.18. The average Bonchev–Trinajstić information content (AvgIpc) is 2.44. The van der Waals surface area contributed by atoms with E-state index >= 15 is 0 Å². The summed E-state index contributed by atoms with van der Waals surface area (Å²) in [6.45, 7) is 8.02. The Morgan fingerprint density at radius 3 is 2.24 bits per heavy atom. The van der Waals surface area contributed by atoms with E-state index in [0.717, 1.165) is 33.5 Å². The summed E-state index contributed by atoms with van der Waals surface area (Å²) in [4.78, 5) is 8.87. The van der Waals surface area contributed by atoms with Crippen molar-refractivity contribution in [3.05, 3.63) is 40.2 Å². The number of rotatable bonds is 4. The van der Waals surface area contributed by atoms with E-state index < -0.39 is 0 Å². The molecule has 0 bridgehead atoms. The van der Waals surface area contributed by atoms with Gasteiger partial charge in [0.25, 0.3) is 0 Å². The first-order valence-electron chi connectivity index (χ1n) is 6.92. The van der Waals surface area contributed by atoms with Crippen LogP contribution in [0.25, 0.3) is 0 Å². The van der Waals surface area contributed by atoms with E-state index in [4.69, 9.17) is 16.3 Å². The number of aromatic nitrogens is 2. The van der Waals surface area contributed by atoms with Crippen LogP contribution in [0.2, 0.25) is 5.02 Å². The van der Waals surface area contributed by atoms with Gasteiger partial charge in [-0.1, -0.05) is 25.4 Å². The Morgan fingerprint density at radius 2 is 1.71 bits per heavy atom. The molecule has 0 saturated carbocycles. The van der Waals surface area contributed by atoms with Gasteiger partial charge >= 0.3 is 0 Å². The quantitative estimate of drug-likeness (QED) is 0.889. The second-order valence-corrected chi connectivity index (χ2v) is 5.71. The molecule has 1 aromatic heterocycles. The Bertz CT molecular complexity index is 633. The summed E-state index contributed by atoms with van der Waals surface area (Å²) in [5.74, 6) is 2.98. The van der Waals surface area contributed by atoms with Crippen LogP contribution >= 0.6 is 11.6 Å². The fourth-order valence-electron chi connectivity index (χ4n) is 1.97. The second-order valence-electron chi connectivity index (χ2n) is 5.33. The Kier molecular flexibility index (Phi) is 4.68. The SMILES string of the molecule is CNc1cc(Oc2cc(C)c(Cl)c(C)c2)nc(C(C)C)n1. The van der Waals surface area contributed by atoms with E-state index in [0.29, 0.717) is 5.88 Å². The van der Waals surface area contributed by atoms with E-state index in [1.807, 2.05) is 33.0 Å². The normalized spacial score (nSPS) is 10.8. The zero-order valence-electron chi connectivity index (χ0n) is 13.0. The van der Waals surface area contributed by atoms with Crippen molar-refractivity contribution >= 4 is 17.4 Å². The van der Waals surface area contributed by atoms with Crippen molar-refractivity contribution in [1.29, 1.82) is 0 Å². The molecule has 5 heteroatoms. The van der Waals surface area contributed by atoms with Crippen molar-refractivity contribution < 1.29 is 4.74 Å². The number of nitrogens with zero attached hydrogens (tertiary/aromatic N) is 2. The molecule has 0 atom stereocenters. The van der Waals surface area contributed by atoms with Crippen LogP contribution in [-0.2, 0) is 0 Å². The Morgan fingerprint density at radius 1 is 1.10 bits per heavy atom. The monoisotopic (exact) mass is 305 g/mol. The van der Waals surface area contributed by atoms with Crippen LogP contribution < -0.4 is 10.1 Å². The third kappa shape index (κ3) is 3.64. The summed E-state index contributed by atoms with van der Waals surface area (Å²) >= 11 is 6.18. The fraction of sp³-hybridized carbons (Fsp3) is 0.375. The topological polar surface area (TPSA) is 47.0 Å². The summed E-state index contributed by atoms with van der Waals surface area (Å²) in [6.07, 6.45) is 0. The number of halogens is 1. The van der Waals surface area contributed by atoms with Gasteiger partial charge in [-0.25, -0.2) is 4.98 Å². The summed E-state index contributed by atoms with van der Waals surface area (Å²) < 4.78 is 5.88. The van der Waals surface area contributed by atoms with E-state index in [1.165, 1.54) is 0 Å². The Labute approximate surface area is 130 Å². The number of anilines is 1. The minimum Gasteiger partial charge on any atom is -0.439 e. The highest BCUT2D eigenvalue weighted by atomic mass is 35.5. The standard InChI is InChI=1S/C16H20ClN3O/c1-9(2)16-19-13(18-5)8-14(20-16)21-12-6-10(3)15(17)11(4)7-12/h6-9H,1-5H3,(H,18,19,20). The van der Waals surface area contributed by atoms with Gasteiger partial charge in [0.1, 0.15) is 17.4 Å². The lowest BCUT2D eigenvalue weighted by atomic mass is 10.1. The first kappa shape index (κ1) is 15.6. The van der Waals surface area contributed by atoms with Crippen molar-refractivity contribution in [2.24, 2.45) is 0 Å². The number of ether oxygens (including phenoxy) is 1. The second kappa shape index (κ2) is 6.31. The Hall–Kier alpha value is -1.81. The number of nitrogens with one attached hydrogen (secondary N) is 1. The van der Waals surface area contributed by atoms with Crippen LogP contribution in [0.15, 0.2) is 18.2 Å². The van der Waals surface area contributed by atoms with E-state index in [-0.39, 0.29) is 5.92 Å². The molecule has 1 aromatic carbocycles. The number of hydrogen-bond donors (Lipinski definition) is 1. The first-order valence-corrected chi connectivity index (χ1v) is 7.30. The molecule has 0 spiro atoms. The molecule has 0 aliphatic heterocycles. The first-order chi connectivity index (χ1) is 9.90. The summed E-state index contributed by atoms with van der Waals surface area (Å²) in [6, 6.07) is 5.60. The molecule has 0 radical (unpaired) electrons. The van der Waals surface area contributed by atoms with Crippen LogP contribution in [0.1, 0.15) is 36.7 Å². The van der Waals surface area contributed by atoms with Gasteiger partial charge in [-0.2, -0.15) is 4.98 Å². The third-order valence-corrected chi connectivity index (χ3v) is 3.72. The highest BCUT2D eigenvalue weighted by Crippen LogP contribution is 2.29. The molecule has 2 aromatic rings. The highest BCUT2D eigenvalue weighted by Gasteiger charge is 2.10. The van der Waals surface area contributed by atoms with E-state index in [2.05, 4.69) is 29.1 Å². The molecule has 0 saturated heterocycles. The zero-order valence-corrected chi connectivity index (χ0v) is 13.7. The molecule has 1 heterocycles. The summed E-state index contributed by atoms with van der Waals surface area (Å²) in [5, 5.41) is 3.80. The molecular weight excluding hydrogens is 286 g/mol. The van der Waals surface area contributed by atoms with Crippen molar-refractivity contribution in [3.8, 4) is 11.6 Å². The highest BCUT2D eigenvalue weighted by molar-refractivity contribution is 6.32. The molecule has 2 rings (SSSR count). The van der Waals surface area contributed by atoms with Gasteiger partial charge in [-0.3, -0.25) is 0 Å². The average molecular weight is 306 g/mol. The van der Waals surface area contributed by atoms with Gasteiger partial charge in [0, 0.05) is 24.1 Å². The molecule has 0 amide bonds. The number of benzene rings is 1. The fourth-order valence-corrected chi connectivity index (χ4v) is 2.08. The molecule has 0 unspecified atom stereocenters. The lowest BCUT2D eigenvalue weighted by Gasteiger charge is -2.12. The van der Waals surface area contributed by atoms with Crippen LogP contribution in [0, 0.1) is 13.8 Å². The van der Waals surface area contributed by atoms with Crippen molar-refractivity contribution in [1.82, 2.24) is 9.97 Å². The number of aryl methyl sites for hydroxylation is 2. The van der Waals surface area contributed by atoms with Crippen molar-refractivity contribution in [2.75, 3.05) is 12.4 Å². The lowest BCUT2D eigenvalue weighted by molar-refractivity contribution is 0.456. The van der Waals surface area contributed by atoms with Crippen LogP contribution in [-0.4, -0.2) is 17.0 Å². The molecule has 112 valence electrons. The lowest BCUT2D eigenvalue weighted by Crippen LogP contribution is -2.03. The maximum Gasteiger partial charge on any atom is 0.224 e. The predicted octanol–water partition coefficient (Wildman–Crippen LogP) is 4.70. The van der Waals surface area contributed by atoms with Gasteiger partial charge in [-0.05, 0) is 37.1 Å². The van der Waals surface area contributed by atoms with Gasteiger partial charge in [-0.15, -0.1) is 0 Å². The maximum atomic E-state index is 6.18. The third-order valence-electron chi connectivity index (χ3n) is 3.12. The van der Waals surface area contributed by atoms with Gasteiger partial charge < -0.3 is 10.1 Å². The molecule has 0 aliphatic rings. The molecule has 4 nitrogen and oxygen atoms in total. The molecule has 0 fully saturated rings. The molecule has 0 aliphatic carbocycles. The van der Waals surface area contributed by atoms with Gasteiger partial charge in [0.15, 0.2) is 0 Å². The van der Waals surface area contributed by atoms with E-state index in [1.54, 1.807) is 6.07 Å². The largest absolute Gasteiger partial charge is 0.439 e. The minimum absolute atomic E-state index is 0.231. The van der Waals surface area contributed by atoms with Crippen molar-refractivity contribution in [2.45, 2.75) is 33.6 Å². The zero-order chi connectivity index (χ0) is 15.6. The molecule has 21 heavy (non-hydrogen) atoms. The molecular formula is C16H20ClN3O.